The summed E-state index contributed by atoms with van der Waals surface area (Å²) in [6, 6.07) is 0. The van der Waals surface area contributed by atoms with Crippen LogP contribution in [-0.2, 0) is 0 Å². The van der Waals surface area contributed by atoms with Gasteiger partial charge in [0.15, 0.2) is 0 Å². The van der Waals surface area contributed by atoms with Crippen molar-refractivity contribution in [2.45, 2.75) is 32.6 Å². The van der Waals surface area contributed by atoms with Gasteiger partial charge in [0, 0.05) is 26.3 Å². The molecule has 0 bridgehead atoms. The van der Waals surface area contributed by atoms with Crippen molar-refractivity contribution in [2.24, 2.45) is 5.92 Å². The minimum atomic E-state index is 0.684. The van der Waals surface area contributed by atoms with E-state index < -0.39 is 0 Å². The van der Waals surface area contributed by atoms with Gasteiger partial charge < -0.3 is 10.2 Å². The van der Waals surface area contributed by atoms with Crippen LogP contribution >= 0.6 is 15.9 Å². The van der Waals surface area contributed by atoms with Gasteiger partial charge in [0.2, 0.25) is 5.95 Å². The molecule has 0 saturated carbocycles. The number of nitrogens with zero attached hydrogens (tertiary/aromatic N) is 3. The molecule has 1 aliphatic heterocycles. The molecular formula is C13H21BrN4. The fourth-order valence-electron chi connectivity index (χ4n) is 2.54. The monoisotopic (exact) mass is 312 g/mol. The van der Waals surface area contributed by atoms with Gasteiger partial charge in [0.05, 0.1) is 4.47 Å². The highest BCUT2D eigenvalue weighted by atomic mass is 79.9. The van der Waals surface area contributed by atoms with Gasteiger partial charge in [0.25, 0.3) is 0 Å². The number of nitrogens with one attached hydrogen (secondary N) is 1. The fourth-order valence-corrected chi connectivity index (χ4v) is 2.98. The molecule has 0 atom stereocenters. The van der Waals surface area contributed by atoms with Crippen LogP contribution in [0.15, 0.2) is 10.7 Å². The zero-order valence-electron chi connectivity index (χ0n) is 11.1. The maximum atomic E-state index is 4.54. The molecule has 0 amide bonds. The van der Waals surface area contributed by atoms with Crippen LogP contribution in [0.5, 0.6) is 0 Å². The molecule has 0 aromatic carbocycles. The summed E-state index contributed by atoms with van der Waals surface area (Å²) in [6.45, 7) is 4.47. The van der Waals surface area contributed by atoms with Gasteiger partial charge in [0.1, 0.15) is 5.82 Å². The molecule has 0 radical (unpaired) electrons. The van der Waals surface area contributed by atoms with Crippen molar-refractivity contribution in [2.75, 3.05) is 30.4 Å². The van der Waals surface area contributed by atoms with Crippen LogP contribution < -0.4 is 10.2 Å². The average Bonchev–Trinajstić information content (AvgIpc) is 2.41. The van der Waals surface area contributed by atoms with Crippen molar-refractivity contribution in [3.8, 4) is 0 Å². The number of halogens is 1. The van der Waals surface area contributed by atoms with E-state index in [2.05, 4.69) is 43.0 Å². The second-order valence-corrected chi connectivity index (χ2v) is 5.69. The first-order valence-electron chi connectivity index (χ1n) is 6.69. The zero-order chi connectivity index (χ0) is 13.0. The molecule has 1 aromatic rings. The molecule has 5 heteroatoms. The lowest BCUT2D eigenvalue weighted by Gasteiger charge is -2.33. The maximum absolute atomic E-state index is 4.54. The second-order valence-electron chi connectivity index (χ2n) is 4.83. The molecule has 1 aliphatic rings. The van der Waals surface area contributed by atoms with Crippen LogP contribution in [0.25, 0.3) is 0 Å². The lowest BCUT2D eigenvalue weighted by molar-refractivity contribution is 0.377. The largest absolute Gasteiger partial charge is 0.357 e. The first kappa shape index (κ1) is 13.6. The van der Waals surface area contributed by atoms with E-state index in [0.717, 1.165) is 29.3 Å². The third-order valence-electron chi connectivity index (χ3n) is 3.56. The molecule has 0 aliphatic carbocycles. The predicted octanol–water partition coefficient (Wildman–Crippen LogP) is 3.30. The van der Waals surface area contributed by atoms with Crippen LogP contribution in [0.3, 0.4) is 0 Å². The van der Waals surface area contributed by atoms with Crippen molar-refractivity contribution in [1.82, 2.24) is 9.97 Å². The zero-order valence-corrected chi connectivity index (χ0v) is 12.7. The van der Waals surface area contributed by atoms with E-state index in [0.29, 0.717) is 5.95 Å². The Kier molecular flexibility index (Phi) is 4.80. The summed E-state index contributed by atoms with van der Waals surface area (Å²) in [5.74, 6) is 2.60. The normalized spacial score (nSPS) is 16.9. The number of hydrogen-bond acceptors (Lipinski definition) is 4. The Morgan fingerprint density at radius 1 is 1.44 bits per heavy atom. The van der Waals surface area contributed by atoms with E-state index >= 15 is 0 Å². The molecule has 1 fully saturated rings. The molecule has 18 heavy (non-hydrogen) atoms. The van der Waals surface area contributed by atoms with E-state index in [-0.39, 0.29) is 0 Å². The Balaban J connectivity index is 2.04. The number of anilines is 2. The molecule has 0 spiro atoms. The molecule has 2 rings (SSSR count). The summed E-state index contributed by atoms with van der Waals surface area (Å²) in [4.78, 5) is 11.1. The van der Waals surface area contributed by atoms with Crippen molar-refractivity contribution in [1.29, 1.82) is 0 Å². The highest BCUT2D eigenvalue weighted by Crippen LogP contribution is 2.29. The molecule has 100 valence electrons. The number of aromatic nitrogens is 2. The summed E-state index contributed by atoms with van der Waals surface area (Å²) in [7, 11) is 1.85. The lowest BCUT2D eigenvalue weighted by Crippen LogP contribution is -2.34. The number of piperidine rings is 1. The number of rotatable bonds is 4. The summed E-state index contributed by atoms with van der Waals surface area (Å²) in [5.41, 5.74) is 0. The van der Waals surface area contributed by atoms with Gasteiger partial charge in [-0.3, -0.25) is 0 Å². The van der Waals surface area contributed by atoms with Crippen molar-refractivity contribution in [3.05, 3.63) is 10.7 Å². The summed E-state index contributed by atoms with van der Waals surface area (Å²) in [6.07, 6.45) is 7.04. The maximum Gasteiger partial charge on any atom is 0.224 e. The van der Waals surface area contributed by atoms with Crippen LogP contribution in [-0.4, -0.2) is 30.1 Å². The average molecular weight is 313 g/mol. The minimum absolute atomic E-state index is 0.684. The van der Waals surface area contributed by atoms with Gasteiger partial charge in [-0.1, -0.05) is 19.8 Å². The Bertz CT molecular complexity index is 389. The topological polar surface area (TPSA) is 41.1 Å². The first-order valence-corrected chi connectivity index (χ1v) is 7.49. The second kappa shape index (κ2) is 6.36. The van der Waals surface area contributed by atoms with Gasteiger partial charge in [-0.25, -0.2) is 4.98 Å². The Labute approximate surface area is 117 Å². The smallest absolute Gasteiger partial charge is 0.224 e. The SMILES string of the molecule is CCCC1CCN(c2nc(NC)ncc2Br)CC1. The van der Waals surface area contributed by atoms with Crippen LogP contribution in [0.1, 0.15) is 32.6 Å². The van der Waals surface area contributed by atoms with Crippen molar-refractivity contribution >= 4 is 27.7 Å². The quantitative estimate of drug-likeness (QED) is 0.926. The highest BCUT2D eigenvalue weighted by molar-refractivity contribution is 9.10. The van der Waals surface area contributed by atoms with Crippen molar-refractivity contribution in [3.63, 3.8) is 0 Å². The molecule has 1 N–H and O–H groups in total. The highest BCUT2D eigenvalue weighted by Gasteiger charge is 2.21. The predicted molar refractivity (Wildman–Crippen MR) is 79.1 cm³/mol. The minimum Gasteiger partial charge on any atom is -0.357 e. The molecule has 1 saturated heterocycles. The van der Waals surface area contributed by atoms with Gasteiger partial charge in [-0.15, -0.1) is 0 Å². The fraction of sp³-hybridized carbons (Fsp3) is 0.692. The molecule has 0 unspecified atom stereocenters. The third kappa shape index (κ3) is 3.13. The Morgan fingerprint density at radius 3 is 2.78 bits per heavy atom. The van der Waals surface area contributed by atoms with E-state index in [9.17, 15) is 0 Å². The summed E-state index contributed by atoms with van der Waals surface area (Å²) in [5, 5.41) is 2.99. The molecular weight excluding hydrogens is 292 g/mol. The molecule has 2 heterocycles. The van der Waals surface area contributed by atoms with E-state index in [1.54, 1.807) is 0 Å². The van der Waals surface area contributed by atoms with Crippen molar-refractivity contribution < 1.29 is 0 Å². The third-order valence-corrected chi connectivity index (χ3v) is 4.12. The van der Waals surface area contributed by atoms with E-state index in [1.165, 1.54) is 25.7 Å². The van der Waals surface area contributed by atoms with Gasteiger partial charge in [-0.2, -0.15) is 4.98 Å². The van der Waals surface area contributed by atoms with Gasteiger partial charge >= 0.3 is 0 Å². The van der Waals surface area contributed by atoms with E-state index in [1.807, 2.05) is 13.2 Å². The van der Waals surface area contributed by atoms with E-state index in [4.69, 9.17) is 0 Å². The van der Waals surface area contributed by atoms with Crippen LogP contribution in [0, 0.1) is 5.92 Å². The Hall–Kier alpha value is -0.840. The summed E-state index contributed by atoms with van der Waals surface area (Å²) < 4.78 is 0.982. The lowest BCUT2D eigenvalue weighted by atomic mass is 9.92. The van der Waals surface area contributed by atoms with Gasteiger partial charge in [-0.05, 0) is 34.7 Å². The first-order chi connectivity index (χ1) is 8.74. The molecule has 1 aromatic heterocycles. The Morgan fingerprint density at radius 2 is 2.17 bits per heavy atom. The summed E-state index contributed by atoms with van der Waals surface area (Å²) >= 11 is 3.55. The van der Waals surface area contributed by atoms with Crippen LogP contribution in [0.2, 0.25) is 0 Å². The molecule has 4 nitrogen and oxygen atoms in total. The van der Waals surface area contributed by atoms with Crippen LogP contribution in [0.4, 0.5) is 11.8 Å². The number of hydrogen-bond donors (Lipinski definition) is 1. The standard InChI is InChI=1S/C13H21BrN4/c1-3-4-10-5-7-18(8-6-10)12-11(14)9-16-13(15-2)17-12/h9-10H,3-8H2,1-2H3,(H,15,16,17).